The van der Waals surface area contributed by atoms with Gasteiger partial charge in [0.25, 0.3) is 5.91 Å². The van der Waals surface area contributed by atoms with E-state index in [1.807, 2.05) is 24.3 Å². The van der Waals surface area contributed by atoms with Crippen LogP contribution in [0.1, 0.15) is 16.4 Å². The van der Waals surface area contributed by atoms with Gasteiger partial charge in [-0.15, -0.1) is 0 Å². The van der Waals surface area contributed by atoms with Gasteiger partial charge in [0, 0.05) is 25.2 Å². The number of amides is 2. The van der Waals surface area contributed by atoms with Crippen molar-refractivity contribution in [1.82, 2.24) is 24.8 Å². The van der Waals surface area contributed by atoms with Crippen LogP contribution < -0.4 is 19.7 Å². The number of halogens is 1. The van der Waals surface area contributed by atoms with Crippen LogP contribution in [0.2, 0.25) is 5.02 Å². The summed E-state index contributed by atoms with van der Waals surface area (Å²) in [5, 5.41) is 3.51. The molecule has 2 aromatic carbocycles. The number of para-hydroxylation sites is 2. The molecule has 0 atom stereocenters. The van der Waals surface area contributed by atoms with Gasteiger partial charge < -0.3 is 29.1 Å². The molecule has 13 heteroatoms. The highest BCUT2D eigenvalue weighted by Gasteiger charge is 2.31. The molecule has 0 bridgehead atoms. The number of fused-ring (bicyclic) bond motifs is 1. The Morgan fingerprint density at radius 3 is 2.73 bits per heavy atom. The number of nitrogens with one attached hydrogen (secondary N) is 2. The molecule has 0 saturated carbocycles. The largest absolute Gasteiger partial charge is 0.497 e. The van der Waals surface area contributed by atoms with Crippen LogP contribution in [-0.2, 0) is 11.3 Å². The topological polar surface area (TPSA) is 139 Å². The molecular weight excluding hydrogens is 550 g/mol. The number of carbonyl (C=O) groups excluding carboxylic acids is 2. The van der Waals surface area contributed by atoms with Crippen LogP contribution in [0.3, 0.4) is 0 Å². The fourth-order valence-corrected chi connectivity index (χ4v) is 4.59. The number of rotatable bonds is 8. The van der Waals surface area contributed by atoms with Crippen molar-refractivity contribution in [3.8, 4) is 17.4 Å². The highest BCUT2D eigenvalue weighted by atomic mass is 35.5. The van der Waals surface area contributed by atoms with Crippen LogP contribution in [0.25, 0.3) is 11.0 Å². The van der Waals surface area contributed by atoms with Gasteiger partial charge in [-0.2, -0.15) is 9.97 Å². The fourth-order valence-electron chi connectivity index (χ4n) is 4.38. The van der Waals surface area contributed by atoms with E-state index in [1.54, 1.807) is 42.3 Å². The number of nitrogens with zero attached hydrogens (tertiary/aromatic N) is 5. The van der Waals surface area contributed by atoms with Gasteiger partial charge in [-0.1, -0.05) is 23.7 Å². The Hall–Kier alpha value is -5.10. The van der Waals surface area contributed by atoms with Crippen LogP contribution >= 0.6 is 11.6 Å². The second-order valence-electron chi connectivity index (χ2n) is 9.09. The number of carbonyl (C=O) groups is 2. The van der Waals surface area contributed by atoms with Gasteiger partial charge >= 0.3 is 0 Å². The number of imidazole rings is 1. The standard InChI is InChI=1S/C28H24ClN7O5/c1-39-17-8-9-21(18(29)13-17)41-25-14-24(35-10-11-36(26(37)16-35)27(38)22-7-4-12-40-22)33-28(34-25)30-15-23-31-19-5-2-3-6-20(19)32-23/h2-9,12-14H,10-11,15-16H2,1H3,(H,31,32)(H,30,33,34). The number of benzene rings is 2. The molecule has 1 aliphatic rings. The van der Waals surface area contributed by atoms with Crippen LogP contribution in [0.15, 0.2) is 71.3 Å². The second kappa shape index (κ2) is 11.2. The minimum Gasteiger partial charge on any atom is -0.497 e. The third-order valence-electron chi connectivity index (χ3n) is 6.42. The molecule has 4 heterocycles. The lowest BCUT2D eigenvalue weighted by molar-refractivity contribution is -0.128. The lowest BCUT2D eigenvalue weighted by Crippen LogP contribution is -2.52. The van der Waals surface area contributed by atoms with E-state index < -0.39 is 5.91 Å². The van der Waals surface area contributed by atoms with Crippen molar-refractivity contribution in [2.24, 2.45) is 0 Å². The Kier molecular flexibility index (Phi) is 7.13. The average Bonchev–Trinajstić information content (AvgIpc) is 3.67. The molecule has 2 N–H and O–H groups in total. The van der Waals surface area contributed by atoms with Gasteiger partial charge in [0.2, 0.25) is 17.7 Å². The molecule has 208 valence electrons. The zero-order valence-electron chi connectivity index (χ0n) is 21.8. The summed E-state index contributed by atoms with van der Waals surface area (Å²) < 4.78 is 16.4. The first-order valence-electron chi connectivity index (χ1n) is 12.7. The van der Waals surface area contributed by atoms with E-state index in [2.05, 4.69) is 25.3 Å². The Labute approximate surface area is 238 Å². The third-order valence-corrected chi connectivity index (χ3v) is 6.71. The summed E-state index contributed by atoms with van der Waals surface area (Å²) in [4.78, 5) is 45.6. The summed E-state index contributed by atoms with van der Waals surface area (Å²) in [5.41, 5.74) is 1.76. The zero-order chi connectivity index (χ0) is 28.3. The number of ether oxygens (including phenoxy) is 2. The van der Waals surface area contributed by atoms with Crippen LogP contribution in [0.4, 0.5) is 11.8 Å². The number of hydrogen-bond donors (Lipinski definition) is 2. The molecule has 6 rings (SSSR count). The molecule has 0 radical (unpaired) electrons. The van der Waals surface area contributed by atoms with E-state index in [9.17, 15) is 9.59 Å². The first-order valence-corrected chi connectivity index (χ1v) is 13.1. The van der Waals surface area contributed by atoms with Crippen molar-refractivity contribution in [1.29, 1.82) is 0 Å². The highest BCUT2D eigenvalue weighted by Crippen LogP contribution is 2.33. The number of methoxy groups -OCH3 is 1. The molecule has 0 spiro atoms. The van der Waals surface area contributed by atoms with Crippen molar-refractivity contribution >= 4 is 46.2 Å². The van der Waals surface area contributed by atoms with Crippen LogP contribution in [-0.4, -0.2) is 63.4 Å². The summed E-state index contributed by atoms with van der Waals surface area (Å²) >= 11 is 6.40. The number of aromatic nitrogens is 4. The summed E-state index contributed by atoms with van der Waals surface area (Å²) in [6.07, 6.45) is 1.39. The third kappa shape index (κ3) is 5.63. The van der Waals surface area contributed by atoms with Gasteiger partial charge in [-0.05, 0) is 36.4 Å². The van der Waals surface area contributed by atoms with E-state index in [1.165, 1.54) is 17.2 Å². The van der Waals surface area contributed by atoms with E-state index in [4.69, 9.17) is 25.5 Å². The molecule has 5 aromatic rings. The van der Waals surface area contributed by atoms with Crippen molar-refractivity contribution in [2.75, 3.05) is 37.0 Å². The van der Waals surface area contributed by atoms with Crippen molar-refractivity contribution in [2.45, 2.75) is 6.54 Å². The van der Waals surface area contributed by atoms with Crippen LogP contribution in [0.5, 0.6) is 17.4 Å². The minimum absolute atomic E-state index is 0.0742. The van der Waals surface area contributed by atoms with Crippen molar-refractivity contribution in [3.63, 3.8) is 0 Å². The SMILES string of the molecule is COc1ccc(Oc2cc(N3CCN(C(=O)c4ccco4)C(=O)C3)nc(NCc3nc4ccccc4[nH]3)n2)c(Cl)c1. The maximum atomic E-state index is 13.0. The molecule has 41 heavy (non-hydrogen) atoms. The first kappa shape index (κ1) is 26.1. The summed E-state index contributed by atoms with van der Waals surface area (Å²) in [5.74, 6) is 1.79. The smallest absolute Gasteiger partial charge is 0.296 e. The van der Waals surface area contributed by atoms with E-state index in [0.29, 0.717) is 41.3 Å². The minimum atomic E-state index is -0.478. The predicted octanol–water partition coefficient (Wildman–Crippen LogP) is 4.50. The summed E-state index contributed by atoms with van der Waals surface area (Å²) in [6, 6.07) is 17.5. The second-order valence-corrected chi connectivity index (χ2v) is 9.50. The van der Waals surface area contributed by atoms with E-state index in [0.717, 1.165) is 11.0 Å². The summed E-state index contributed by atoms with van der Waals surface area (Å²) in [6.45, 7) is 0.742. The van der Waals surface area contributed by atoms with E-state index in [-0.39, 0.29) is 36.6 Å². The van der Waals surface area contributed by atoms with Crippen molar-refractivity contribution < 1.29 is 23.5 Å². The Bertz CT molecular complexity index is 1690. The zero-order valence-corrected chi connectivity index (χ0v) is 22.6. The highest BCUT2D eigenvalue weighted by molar-refractivity contribution is 6.32. The Balaban J connectivity index is 1.25. The fraction of sp³-hybridized carbons (Fsp3) is 0.179. The van der Waals surface area contributed by atoms with Gasteiger partial charge in [0.15, 0.2) is 5.76 Å². The molecule has 0 aliphatic carbocycles. The molecule has 1 aliphatic heterocycles. The molecular formula is C28H24ClN7O5. The molecule has 2 amide bonds. The number of H-pyrrole nitrogens is 1. The molecule has 1 saturated heterocycles. The number of piperazine rings is 1. The molecule has 12 nitrogen and oxygen atoms in total. The normalized spacial score (nSPS) is 13.5. The van der Waals surface area contributed by atoms with Gasteiger partial charge in [-0.3, -0.25) is 14.5 Å². The maximum absolute atomic E-state index is 13.0. The van der Waals surface area contributed by atoms with E-state index >= 15 is 0 Å². The molecule has 3 aromatic heterocycles. The lowest BCUT2D eigenvalue weighted by Gasteiger charge is -2.33. The average molecular weight is 574 g/mol. The molecule has 1 fully saturated rings. The number of imide groups is 1. The Morgan fingerprint density at radius 1 is 1.10 bits per heavy atom. The van der Waals surface area contributed by atoms with Gasteiger partial charge in [0.05, 0.1) is 42.5 Å². The number of hydrogen-bond acceptors (Lipinski definition) is 10. The van der Waals surface area contributed by atoms with Gasteiger partial charge in [-0.25, -0.2) is 4.98 Å². The number of aromatic amines is 1. The van der Waals surface area contributed by atoms with Gasteiger partial charge in [0.1, 0.15) is 23.1 Å². The van der Waals surface area contributed by atoms with Crippen molar-refractivity contribution in [3.05, 3.63) is 83.5 Å². The molecule has 0 unspecified atom stereocenters. The first-order chi connectivity index (χ1) is 20.0. The Morgan fingerprint density at radius 2 is 1.98 bits per heavy atom. The monoisotopic (exact) mass is 573 g/mol. The lowest BCUT2D eigenvalue weighted by atomic mass is 10.2. The predicted molar refractivity (Wildman–Crippen MR) is 150 cm³/mol. The number of furan rings is 1. The quantitative estimate of drug-likeness (QED) is 0.255. The summed E-state index contributed by atoms with van der Waals surface area (Å²) in [7, 11) is 1.55. The number of anilines is 2. The van der Waals surface area contributed by atoms with Crippen LogP contribution in [0, 0.1) is 0 Å². The maximum Gasteiger partial charge on any atom is 0.296 e.